The Morgan fingerprint density at radius 2 is 0.883 bits per heavy atom. The van der Waals surface area contributed by atoms with Crippen molar-refractivity contribution in [3.8, 4) is 22.3 Å². The zero-order valence-corrected chi connectivity index (χ0v) is 33.4. The number of nitrogens with zero attached hydrogens (tertiary/aromatic N) is 2. The van der Waals surface area contributed by atoms with E-state index in [0.717, 1.165) is 34.1 Å². The first-order valence-electron chi connectivity index (χ1n) is 20.8. The molecule has 0 fully saturated rings. The molecule has 0 saturated heterocycles. The van der Waals surface area contributed by atoms with Gasteiger partial charge in [-0.25, -0.2) is 0 Å². The third-order valence-corrected chi connectivity index (χ3v) is 12.5. The highest BCUT2D eigenvalue weighted by molar-refractivity contribution is 6.16. The second-order valence-electron chi connectivity index (χ2n) is 15.8. The average molecular weight is 767 g/mol. The van der Waals surface area contributed by atoms with E-state index in [1.807, 2.05) is 0 Å². The topological polar surface area (TPSA) is 6.48 Å². The molecular weight excluding hydrogens is 725 g/mol. The maximum Gasteiger partial charge on any atom is 0.0546 e. The highest BCUT2D eigenvalue weighted by Gasteiger charge is 2.44. The van der Waals surface area contributed by atoms with Gasteiger partial charge in [-0.1, -0.05) is 176 Å². The van der Waals surface area contributed by atoms with Crippen molar-refractivity contribution < 1.29 is 0 Å². The lowest BCUT2D eigenvalue weighted by atomic mass is 9.72. The number of fused-ring (bicyclic) bond motifs is 6. The molecule has 1 aliphatic carbocycles. The van der Waals surface area contributed by atoms with Crippen LogP contribution in [0, 0.1) is 0 Å². The van der Waals surface area contributed by atoms with Gasteiger partial charge in [-0.2, -0.15) is 0 Å². The Bertz CT molecular complexity index is 3110. The molecule has 0 spiro atoms. The van der Waals surface area contributed by atoms with Gasteiger partial charge in [0.05, 0.1) is 11.4 Å². The van der Waals surface area contributed by atoms with Crippen molar-refractivity contribution in [2.75, 3.05) is 9.80 Å². The van der Waals surface area contributed by atoms with Crippen molar-refractivity contribution in [2.24, 2.45) is 0 Å². The maximum absolute atomic E-state index is 2.48. The largest absolute Gasteiger partial charge is 0.310 e. The summed E-state index contributed by atoms with van der Waals surface area (Å²) in [5, 5.41) is 4.80. The first-order chi connectivity index (χ1) is 29.7. The summed E-state index contributed by atoms with van der Waals surface area (Å²) in [5.74, 6) is 0. The zero-order chi connectivity index (χ0) is 40.0. The third-order valence-electron chi connectivity index (χ3n) is 12.5. The molecule has 10 aromatic rings. The fraction of sp³-hybridized carbons (Fsp3) is 0.0345. The quantitative estimate of drug-likeness (QED) is 0.142. The van der Waals surface area contributed by atoms with Gasteiger partial charge in [-0.15, -0.1) is 0 Å². The molecule has 1 unspecified atom stereocenters. The van der Waals surface area contributed by atoms with Crippen molar-refractivity contribution in [3.05, 3.63) is 253 Å². The highest BCUT2D eigenvalue weighted by atomic mass is 15.2. The summed E-state index contributed by atoms with van der Waals surface area (Å²) in [4.78, 5) is 4.87. The molecule has 10 aromatic carbocycles. The molecular formula is C58H42N2. The van der Waals surface area contributed by atoms with E-state index in [1.54, 1.807) is 0 Å². The fourth-order valence-corrected chi connectivity index (χ4v) is 9.75. The molecule has 60 heavy (non-hydrogen) atoms. The summed E-state index contributed by atoms with van der Waals surface area (Å²) in [5.41, 5.74) is 15.2. The van der Waals surface area contributed by atoms with Crippen LogP contribution in [0.3, 0.4) is 0 Å². The van der Waals surface area contributed by atoms with E-state index >= 15 is 0 Å². The van der Waals surface area contributed by atoms with Crippen molar-refractivity contribution in [3.63, 3.8) is 0 Å². The number of hydrogen-bond donors (Lipinski definition) is 0. The van der Waals surface area contributed by atoms with Crippen LogP contribution in [0.1, 0.15) is 23.6 Å². The van der Waals surface area contributed by atoms with E-state index in [2.05, 4.69) is 253 Å². The van der Waals surface area contributed by atoms with E-state index in [-0.39, 0.29) is 0 Å². The minimum absolute atomic E-state index is 0.399. The smallest absolute Gasteiger partial charge is 0.0546 e. The molecule has 0 bridgehead atoms. The van der Waals surface area contributed by atoms with Gasteiger partial charge in [0.2, 0.25) is 0 Å². The molecule has 2 nitrogen and oxygen atoms in total. The Labute approximate surface area is 351 Å². The highest BCUT2D eigenvalue weighted by Crippen LogP contribution is 2.59. The summed E-state index contributed by atoms with van der Waals surface area (Å²) >= 11 is 0. The minimum atomic E-state index is -0.399. The van der Waals surface area contributed by atoms with Crippen LogP contribution < -0.4 is 9.80 Å². The van der Waals surface area contributed by atoms with Gasteiger partial charge in [-0.05, 0) is 117 Å². The zero-order valence-electron chi connectivity index (χ0n) is 33.4. The normalized spacial score (nSPS) is 14.2. The van der Waals surface area contributed by atoms with Gasteiger partial charge in [0, 0.05) is 39.1 Å². The van der Waals surface area contributed by atoms with Crippen molar-refractivity contribution in [1.29, 1.82) is 0 Å². The summed E-state index contributed by atoms with van der Waals surface area (Å²) in [7, 11) is 0. The van der Waals surface area contributed by atoms with Crippen LogP contribution in [0.15, 0.2) is 237 Å². The van der Waals surface area contributed by atoms with E-state index in [4.69, 9.17) is 0 Å². The third kappa shape index (κ3) is 5.72. The first-order valence-corrected chi connectivity index (χ1v) is 20.8. The molecule has 0 saturated carbocycles. The fourth-order valence-electron chi connectivity index (χ4n) is 9.75. The Morgan fingerprint density at radius 1 is 0.350 bits per heavy atom. The molecule has 0 amide bonds. The molecule has 0 aliphatic heterocycles. The molecule has 0 N–H and O–H groups in total. The predicted octanol–water partition coefficient (Wildman–Crippen LogP) is 15.9. The van der Waals surface area contributed by atoms with Gasteiger partial charge >= 0.3 is 0 Å². The Balaban J connectivity index is 1.21. The van der Waals surface area contributed by atoms with Crippen LogP contribution in [0.5, 0.6) is 0 Å². The molecule has 1 aliphatic rings. The van der Waals surface area contributed by atoms with Gasteiger partial charge < -0.3 is 9.80 Å². The number of rotatable bonds is 8. The molecule has 1 atom stereocenters. The Morgan fingerprint density at radius 3 is 1.53 bits per heavy atom. The lowest BCUT2D eigenvalue weighted by Gasteiger charge is -2.33. The Kier molecular flexibility index (Phi) is 8.64. The summed E-state index contributed by atoms with van der Waals surface area (Å²) in [6, 6.07) is 86.2. The van der Waals surface area contributed by atoms with E-state index in [0.29, 0.717) is 0 Å². The number of hydrogen-bond acceptors (Lipinski definition) is 2. The minimum Gasteiger partial charge on any atom is -0.310 e. The second-order valence-corrected chi connectivity index (χ2v) is 15.8. The van der Waals surface area contributed by atoms with Crippen molar-refractivity contribution in [1.82, 2.24) is 0 Å². The monoisotopic (exact) mass is 766 g/mol. The summed E-state index contributed by atoms with van der Waals surface area (Å²) < 4.78 is 0. The summed E-state index contributed by atoms with van der Waals surface area (Å²) in [6.45, 7) is 2.42. The van der Waals surface area contributed by atoms with E-state index in [1.165, 1.54) is 60.5 Å². The molecule has 11 rings (SSSR count). The van der Waals surface area contributed by atoms with Crippen LogP contribution in [-0.2, 0) is 5.41 Å². The maximum atomic E-state index is 2.48. The lowest BCUT2D eigenvalue weighted by Crippen LogP contribution is -2.23. The van der Waals surface area contributed by atoms with Gasteiger partial charge in [0.15, 0.2) is 0 Å². The van der Waals surface area contributed by atoms with Crippen molar-refractivity contribution >= 4 is 55.7 Å². The summed E-state index contributed by atoms with van der Waals surface area (Å²) in [6.07, 6.45) is 0. The second kappa shape index (κ2) is 14.6. The molecule has 0 aromatic heterocycles. The van der Waals surface area contributed by atoms with Gasteiger partial charge in [0.25, 0.3) is 0 Å². The number of benzene rings is 10. The van der Waals surface area contributed by atoms with E-state index in [9.17, 15) is 0 Å². The van der Waals surface area contributed by atoms with Gasteiger partial charge in [0.1, 0.15) is 0 Å². The van der Waals surface area contributed by atoms with Crippen LogP contribution in [0.4, 0.5) is 34.1 Å². The SMILES string of the molecule is CC1(c2ccccc2)c2ccccc2-c2c(N(c3ccccc3)c3ccc4c(N(c5ccccc5)c5ccccc5)cc5ccccc5c4c3)ccc(-c3ccccc3)c21. The van der Waals surface area contributed by atoms with E-state index < -0.39 is 5.41 Å². The molecule has 2 heteroatoms. The van der Waals surface area contributed by atoms with Gasteiger partial charge in [-0.3, -0.25) is 0 Å². The molecule has 0 heterocycles. The van der Waals surface area contributed by atoms with Crippen LogP contribution in [0.2, 0.25) is 0 Å². The molecule has 284 valence electrons. The number of para-hydroxylation sites is 3. The average Bonchev–Trinajstić information content (AvgIpc) is 3.60. The van der Waals surface area contributed by atoms with Crippen molar-refractivity contribution in [2.45, 2.75) is 12.3 Å². The first kappa shape index (κ1) is 35.5. The predicted molar refractivity (Wildman–Crippen MR) is 254 cm³/mol. The standard InChI is InChI=1S/C58H42N2/c1-58(43-24-9-3-10-25-43)53-34-20-19-33-51(53)56-54(38-37-49(57(56)58)41-21-7-2-8-22-41)60(46-30-15-6-16-31-46)47-35-36-50-52(40-47)48-32-18-17-23-42(48)39-55(50)59(44-26-11-4-12-27-44)45-28-13-5-14-29-45/h2-40H,1H3. The van der Waals surface area contributed by atoms with Crippen LogP contribution >= 0.6 is 0 Å². The number of anilines is 6. The van der Waals surface area contributed by atoms with Crippen LogP contribution in [-0.4, -0.2) is 0 Å². The molecule has 0 radical (unpaired) electrons. The lowest BCUT2D eigenvalue weighted by molar-refractivity contribution is 0.715. The van der Waals surface area contributed by atoms with Crippen LogP contribution in [0.25, 0.3) is 43.8 Å². The Hall–Kier alpha value is -7.68.